The Morgan fingerprint density at radius 3 is 2.47 bits per heavy atom. The highest BCUT2D eigenvalue weighted by Gasteiger charge is 2.26. The Hall–Kier alpha value is -2.54. The highest BCUT2D eigenvalue weighted by atomic mass is 35.5. The minimum atomic E-state index is -0.579. The average Bonchev–Trinajstić information content (AvgIpc) is 2.66. The summed E-state index contributed by atoms with van der Waals surface area (Å²) in [6.45, 7) is 11.6. The van der Waals surface area contributed by atoms with Gasteiger partial charge in [0.05, 0.1) is 16.6 Å². The Bertz CT molecular complexity index is 949. The number of nitrogens with zero attached hydrogens (tertiary/aromatic N) is 3. The van der Waals surface area contributed by atoms with Gasteiger partial charge in [-0.15, -0.1) is 0 Å². The molecule has 1 saturated heterocycles. The van der Waals surface area contributed by atoms with Crippen molar-refractivity contribution in [3.8, 4) is 0 Å². The molecule has 1 aliphatic heterocycles. The van der Waals surface area contributed by atoms with Crippen LogP contribution in [0.5, 0.6) is 0 Å². The third kappa shape index (κ3) is 5.14. The van der Waals surface area contributed by atoms with Crippen molar-refractivity contribution in [1.82, 2.24) is 15.2 Å². The Labute approximate surface area is 182 Å². The Morgan fingerprint density at radius 1 is 1.20 bits per heavy atom. The minimum absolute atomic E-state index is 0.0735. The first-order valence-corrected chi connectivity index (χ1v) is 10.5. The topological polar surface area (TPSA) is 74.8 Å². The van der Waals surface area contributed by atoms with Gasteiger partial charge in [0.25, 0.3) is 0 Å². The number of alkyl carbamates (subject to hydrolysis) is 1. The number of piperazine rings is 1. The zero-order chi connectivity index (χ0) is 22.1. The van der Waals surface area contributed by atoms with Crippen molar-refractivity contribution in [3.63, 3.8) is 0 Å². The fourth-order valence-corrected chi connectivity index (χ4v) is 3.76. The fraction of sp³-hybridized carbons (Fsp3) is 0.500. The lowest BCUT2D eigenvalue weighted by molar-refractivity contribution is -0.129. The lowest BCUT2D eigenvalue weighted by Gasteiger charge is -2.36. The summed E-state index contributed by atoms with van der Waals surface area (Å²) in [7, 11) is 0. The Balaban J connectivity index is 1.94. The van der Waals surface area contributed by atoms with Gasteiger partial charge < -0.3 is 19.9 Å². The van der Waals surface area contributed by atoms with E-state index in [1.807, 2.05) is 56.9 Å². The molecule has 0 radical (unpaired) electrons. The molecule has 1 N–H and O–H groups in total. The van der Waals surface area contributed by atoms with Crippen molar-refractivity contribution in [2.45, 2.75) is 46.3 Å². The normalized spacial score (nSPS) is 15.8. The molecule has 0 bridgehead atoms. The number of hydrogen-bond donors (Lipinski definition) is 1. The van der Waals surface area contributed by atoms with Crippen LogP contribution in [0.15, 0.2) is 24.3 Å². The quantitative estimate of drug-likeness (QED) is 0.788. The van der Waals surface area contributed by atoms with E-state index in [2.05, 4.69) is 10.2 Å². The Kier molecular flexibility index (Phi) is 6.41. The number of carbonyl (C=O) groups excluding carboxylic acids is 2. The molecule has 1 aliphatic rings. The average molecular weight is 433 g/mol. The smallest absolute Gasteiger partial charge is 0.408 e. The van der Waals surface area contributed by atoms with Crippen molar-refractivity contribution in [3.05, 3.63) is 34.9 Å². The number of aromatic nitrogens is 1. The van der Waals surface area contributed by atoms with Gasteiger partial charge in [0, 0.05) is 44.1 Å². The molecule has 1 aromatic heterocycles. The van der Waals surface area contributed by atoms with E-state index in [0.29, 0.717) is 31.2 Å². The number of halogens is 1. The summed E-state index contributed by atoms with van der Waals surface area (Å²) in [5.41, 5.74) is 1.02. The number of carbonyl (C=O) groups is 2. The number of benzene rings is 1. The van der Waals surface area contributed by atoms with Gasteiger partial charge in [0.15, 0.2) is 0 Å². The van der Waals surface area contributed by atoms with Crippen molar-refractivity contribution >= 4 is 40.3 Å². The first-order chi connectivity index (χ1) is 14.0. The molecule has 162 valence electrons. The number of hydrogen-bond acceptors (Lipinski definition) is 5. The van der Waals surface area contributed by atoms with Gasteiger partial charge in [-0.2, -0.15) is 0 Å². The monoisotopic (exact) mass is 432 g/mol. The zero-order valence-corrected chi connectivity index (χ0v) is 18.9. The molecule has 2 heterocycles. The van der Waals surface area contributed by atoms with E-state index in [1.165, 1.54) is 0 Å². The van der Waals surface area contributed by atoms with Crippen LogP contribution in [-0.4, -0.2) is 53.7 Å². The molecule has 3 rings (SSSR count). The maximum absolute atomic E-state index is 12.3. The minimum Gasteiger partial charge on any atom is -0.444 e. The van der Waals surface area contributed by atoms with Crippen LogP contribution >= 0.6 is 11.6 Å². The van der Waals surface area contributed by atoms with Crippen LogP contribution < -0.4 is 10.2 Å². The number of nitrogens with one attached hydrogen (secondary N) is 1. The maximum atomic E-state index is 12.3. The summed E-state index contributed by atoms with van der Waals surface area (Å²) < 4.78 is 5.41. The highest BCUT2D eigenvalue weighted by Crippen LogP contribution is 2.32. The second-order valence-corrected chi connectivity index (χ2v) is 8.98. The molecule has 0 unspecified atom stereocenters. The molecule has 8 heteroatoms. The number of anilines is 1. The van der Waals surface area contributed by atoms with E-state index in [1.54, 1.807) is 6.92 Å². The summed E-state index contributed by atoms with van der Waals surface area (Å²) in [6.07, 6.45) is -0.478. The zero-order valence-electron chi connectivity index (χ0n) is 18.2. The molecule has 1 atom stereocenters. The molecule has 0 spiro atoms. The molecule has 30 heavy (non-hydrogen) atoms. The highest BCUT2D eigenvalue weighted by molar-refractivity contribution is 6.35. The molecule has 1 fully saturated rings. The lowest BCUT2D eigenvalue weighted by atomic mass is 10.0. The molecular formula is C22H29ClN4O3. The first-order valence-electron chi connectivity index (χ1n) is 10.1. The van der Waals surface area contributed by atoms with Gasteiger partial charge >= 0.3 is 6.09 Å². The summed E-state index contributed by atoms with van der Waals surface area (Å²) in [5, 5.41) is 4.40. The standard InChI is InChI=1S/C22H29ClN4O3/c1-14(24-21(29)30-22(3,4)5)17-13-16-7-6-8-18(23)19(16)25-20(17)27-11-9-26(10-12-27)15(2)28/h6-8,13-14H,9-12H2,1-5H3,(H,24,29)/t14-/m0/s1. The number of amides is 2. The SMILES string of the molecule is CC(=O)N1CCN(c2nc3c(Cl)cccc3cc2[C@H](C)NC(=O)OC(C)(C)C)CC1. The maximum Gasteiger partial charge on any atom is 0.408 e. The van der Waals surface area contributed by atoms with Gasteiger partial charge in [-0.3, -0.25) is 4.79 Å². The van der Waals surface area contributed by atoms with Crippen molar-refractivity contribution in [2.24, 2.45) is 0 Å². The van der Waals surface area contributed by atoms with E-state index in [4.69, 9.17) is 21.3 Å². The summed E-state index contributed by atoms with van der Waals surface area (Å²) >= 11 is 6.40. The second-order valence-electron chi connectivity index (χ2n) is 8.57. The van der Waals surface area contributed by atoms with Crippen LogP contribution in [0.4, 0.5) is 10.6 Å². The predicted molar refractivity (Wildman–Crippen MR) is 119 cm³/mol. The number of fused-ring (bicyclic) bond motifs is 1. The van der Waals surface area contributed by atoms with Crippen LogP contribution in [0.25, 0.3) is 10.9 Å². The fourth-order valence-electron chi connectivity index (χ4n) is 3.54. The third-order valence-electron chi connectivity index (χ3n) is 5.03. The van der Waals surface area contributed by atoms with E-state index in [0.717, 1.165) is 22.3 Å². The molecule has 0 aliphatic carbocycles. The van der Waals surface area contributed by atoms with Crippen LogP contribution in [0.2, 0.25) is 5.02 Å². The number of para-hydroxylation sites is 1. The number of pyridine rings is 1. The van der Waals surface area contributed by atoms with Gasteiger partial charge in [-0.1, -0.05) is 23.7 Å². The van der Waals surface area contributed by atoms with E-state index >= 15 is 0 Å². The summed E-state index contributed by atoms with van der Waals surface area (Å²) in [5.74, 6) is 0.840. The molecule has 2 aromatic rings. The lowest BCUT2D eigenvalue weighted by Crippen LogP contribution is -2.48. The molecule has 2 amide bonds. The van der Waals surface area contributed by atoms with Crippen LogP contribution in [0, 0.1) is 0 Å². The van der Waals surface area contributed by atoms with Crippen LogP contribution in [-0.2, 0) is 9.53 Å². The third-order valence-corrected chi connectivity index (χ3v) is 5.33. The van der Waals surface area contributed by atoms with Crippen LogP contribution in [0.3, 0.4) is 0 Å². The van der Waals surface area contributed by atoms with Gasteiger partial charge in [-0.25, -0.2) is 9.78 Å². The summed E-state index contributed by atoms with van der Waals surface area (Å²) in [4.78, 5) is 32.9. The van der Waals surface area contributed by atoms with E-state index in [-0.39, 0.29) is 11.9 Å². The molecule has 0 saturated carbocycles. The van der Waals surface area contributed by atoms with Crippen molar-refractivity contribution in [1.29, 1.82) is 0 Å². The van der Waals surface area contributed by atoms with E-state index < -0.39 is 11.7 Å². The predicted octanol–water partition coefficient (Wildman–Crippen LogP) is 4.14. The van der Waals surface area contributed by atoms with Crippen LogP contribution in [0.1, 0.15) is 46.2 Å². The largest absolute Gasteiger partial charge is 0.444 e. The molecule has 7 nitrogen and oxygen atoms in total. The second kappa shape index (κ2) is 8.68. The van der Waals surface area contributed by atoms with Gasteiger partial charge in [0.2, 0.25) is 5.91 Å². The molecular weight excluding hydrogens is 404 g/mol. The van der Waals surface area contributed by atoms with Crippen molar-refractivity contribution < 1.29 is 14.3 Å². The van der Waals surface area contributed by atoms with E-state index in [9.17, 15) is 9.59 Å². The number of ether oxygens (including phenoxy) is 1. The molecule has 1 aromatic carbocycles. The Morgan fingerprint density at radius 2 is 1.87 bits per heavy atom. The summed E-state index contributed by atoms with van der Waals surface area (Å²) in [6, 6.07) is 7.35. The van der Waals surface area contributed by atoms with Gasteiger partial charge in [0.1, 0.15) is 11.4 Å². The first kappa shape index (κ1) is 22.2. The van der Waals surface area contributed by atoms with Crippen molar-refractivity contribution in [2.75, 3.05) is 31.1 Å². The number of rotatable bonds is 3. The van der Waals surface area contributed by atoms with Gasteiger partial charge in [-0.05, 0) is 39.8 Å².